The molecule has 11 nitrogen and oxygen atoms in total. The van der Waals surface area contributed by atoms with Crippen molar-refractivity contribution < 1.29 is 8.83 Å². The minimum atomic E-state index is -0.237. The molecule has 0 amide bonds. The molecule has 0 aliphatic heterocycles. The Morgan fingerprint density at radius 3 is 1.11 bits per heavy atom. The predicted molar refractivity (Wildman–Crippen MR) is 567 cm³/mol. The number of benzene rings is 19. The van der Waals surface area contributed by atoms with Crippen molar-refractivity contribution in [1.29, 1.82) is 0 Å². The number of rotatable bonds is 11. The van der Waals surface area contributed by atoms with Crippen molar-refractivity contribution in [3.8, 4) is 124 Å². The molecular formula is C127H83N9O2. The van der Waals surface area contributed by atoms with Crippen LogP contribution in [-0.2, 0) is 10.8 Å². The van der Waals surface area contributed by atoms with Crippen LogP contribution >= 0.6 is 0 Å². The Morgan fingerprint density at radius 2 is 0.536 bits per heavy atom. The molecule has 19 aromatic carbocycles. The molecule has 11 heteroatoms. The molecule has 0 saturated carbocycles. The first-order chi connectivity index (χ1) is 67.9. The molecule has 0 saturated heterocycles. The molecule has 29 rings (SSSR count). The summed E-state index contributed by atoms with van der Waals surface area (Å²) in [7, 11) is 0. The maximum absolute atomic E-state index is 6.74. The Kier molecular flexibility index (Phi) is 17.3. The van der Waals surface area contributed by atoms with E-state index in [1.54, 1.807) is 0 Å². The standard InChI is InChI=1S/C66H43N5O.C61H40N4O/c1-66(2)55-31-29-42(43-30-32-58-51(35-43)53-37-54-48-26-13-15-28-61(48)72-62(54)39-60(53)70(58)45-22-10-5-11-23-45)34-49(55)50-36-52-47-25-12-14-27-57(47)71(59(52)38-56(50)66)46-24-16-21-44(33-46)65-68-63(40-17-6-3-7-18-40)67-64(69-65)41-19-8-4-9-20-41;1-61(2)50-24-14-12-22-42(50)44-32-47-45-30-39(26-28-55(45)64(56(47)34-51(44)61)41-20-10-5-11-21-41)40-27-29-58-48(31-40)49-33-46-43-23-13-15-25-54(43)65(57(46)36-59(49)66-58)60-62-52(37-16-6-3-7-17-37)35-53(63-60)38-18-8-4-9-19-38/h3-39H,1-2H3;3-36H,1-2H3. The monoisotopic (exact) mass is 1770 g/mol. The largest absolute Gasteiger partial charge is 0.456 e. The van der Waals surface area contributed by atoms with Gasteiger partial charge in [-0.15, -0.1) is 0 Å². The van der Waals surface area contributed by atoms with Crippen molar-refractivity contribution >= 4 is 131 Å². The summed E-state index contributed by atoms with van der Waals surface area (Å²) in [6.07, 6.45) is 0. The number of para-hydroxylation sites is 5. The highest BCUT2D eigenvalue weighted by atomic mass is 16.3. The van der Waals surface area contributed by atoms with Gasteiger partial charge in [-0.2, -0.15) is 0 Å². The molecule has 8 aromatic heterocycles. The Labute approximate surface area is 793 Å². The molecule has 138 heavy (non-hydrogen) atoms. The minimum Gasteiger partial charge on any atom is -0.456 e. The van der Waals surface area contributed by atoms with Crippen molar-refractivity contribution in [2.45, 2.75) is 38.5 Å². The second-order valence-electron chi connectivity index (χ2n) is 37.8. The molecule has 0 bridgehead atoms. The van der Waals surface area contributed by atoms with E-state index in [1.165, 1.54) is 105 Å². The lowest BCUT2D eigenvalue weighted by Crippen LogP contribution is -2.15. The van der Waals surface area contributed by atoms with E-state index in [0.29, 0.717) is 23.4 Å². The Hall–Kier alpha value is -17.9. The van der Waals surface area contributed by atoms with Crippen LogP contribution in [0.5, 0.6) is 0 Å². The molecule has 0 radical (unpaired) electrons. The van der Waals surface area contributed by atoms with Crippen molar-refractivity contribution in [1.82, 2.24) is 43.2 Å². The van der Waals surface area contributed by atoms with Gasteiger partial charge in [-0.05, 0) is 206 Å². The molecule has 0 fully saturated rings. The zero-order chi connectivity index (χ0) is 91.3. The van der Waals surface area contributed by atoms with Crippen LogP contribution in [0.2, 0.25) is 0 Å². The lowest BCUT2D eigenvalue weighted by molar-refractivity contribution is 0.661. The first kappa shape index (κ1) is 78.7. The average Bonchev–Trinajstić information content (AvgIpc) is 1.55. The summed E-state index contributed by atoms with van der Waals surface area (Å²) in [4.78, 5) is 25.6. The average molecular weight is 1770 g/mol. The van der Waals surface area contributed by atoms with E-state index in [0.717, 1.165) is 150 Å². The molecular weight excluding hydrogens is 1680 g/mol. The lowest BCUT2D eigenvalue weighted by Gasteiger charge is -2.22. The van der Waals surface area contributed by atoms with Crippen LogP contribution in [0.25, 0.3) is 255 Å². The third-order valence-corrected chi connectivity index (χ3v) is 29.3. The first-order valence-corrected chi connectivity index (χ1v) is 47.2. The van der Waals surface area contributed by atoms with E-state index >= 15 is 0 Å². The van der Waals surface area contributed by atoms with Crippen LogP contribution in [0.3, 0.4) is 0 Å². The minimum absolute atomic E-state index is 0.0976. The molecule has 27 aromatic rings. The molecule has 648 valence electrons. The molecule has 8 heterocycles. The molecule has 0 atom stereocenters. The van der Waals surface area contributed by atoms with E-state index in [4.69, 9.17) is 33.8 Å². The normalized spacial score (nSPS) is 13.0. The molecule has 0 N–H and O–H groups in total. The summed E-state index contributed by atoms with van der Waals surface area (Å²) in [6, 6.07) is 154. The van der Waals surface area contributed by atoms with E-state index < -0.39 is 0 Å². The fourth-order valence-corrected chi connectivity index (χ4v) is 22.6. The van der Waals surface area contributed by atoms with Crippen LogP contribution in [0.1, 0.15) is 49.9 Å². The van der Waals surface area contributed by atoms with Gasteiger partial charge < -0.3 is 22.5 Å². The zero-order valence-electron chi connectivity index (χ0n) is 75.8. The maximum Gasteiger partial charge on any atom is 0.235 e. The smallest absolute Gasteiger partial charge is 0.235 e. The van der Waals surface area contributed by atoms with Crippen LogP contribution < -0.4 is 0 Å². The van der Waals surface area contributed by atoms with Gasteiger partial charge in [-0.1, -0.05) is 307 Å². The van der Waals surface area contributed by atoms with Crippen LogP contribution in [0.15, 0.2) is 440 Å². The zero-order valence-corrected chi connectivity index (χ0v) is 75.8. The second kappa shape index (κ2) is 30.3. The lowest BCUT2D eigenvalue weighted by atomic mass is 9.82. The van der Waals surface area contributed by atoms with E-state index in [9.17, 15) is 0 Å². The van der Waals surface area contributed by atoms with Gasteiger partial charge in [0.2, 0.25) is 5.95 Å². The first-order valence-electron chi connectivity index (χ1n) is 47.2. The summed E-state index contributed by atoms with van der Waals surface area (Å²) >= 11 is 0. The summed E-state index contributed by atoms with van der Waals surface area (Å²) < 4.78 is 22.6. The highest BCUT2D eigenvalue weighted by molar-refractivity contribution is 6.21. The quantitative estimate of drug-likeness (QED) is 0.127. The molecule has 2 aliphatic carbocycles. The van der Waals surface area contributed by atoms with Crippen LogP contribution in [0.4, 0.5) is 0 Å². The van der Waals surface area contributed by atoms with E-state index in [-0.39, 0.29) is 10.8 Å². The number of aromatic nitrogens is 9. The van der Waals surface area contributed by atoms with Gasteiger partial charge in [0.05, 0.1) is 55.5 Å². The van der Waals surface area contributed by atoms with Crippen molar-refractivity contribution in [3.05, 3.63) is 453 Å². The third kappa shape index (κ3) is 12.2. The fraction of sp³-hybridized carbons (Fsp3) is 0.0472. The maximum atomic E-state index is 6.74. The number of furan rings is 2. The number of hydrogen-bond acceptors (Lipinski definition) is 7. The van der Waals surface area contributed by atoms with Gasteiger partial charge in [-0.3, -0.25) is 4.57 Å². The Morgan fingerprint density at radius 1 is 0.181 bits per heavy atom. The summed E-state index contributed by atoms with van der Waals surface area (Å²) in [5.41, 5.74) is 37.4. The second-order valence-corrected chi connectivity index (χ2v) is 37.8. The summed E-state index contributed by atoms with van der Waals surface area (Å²) in [5.74, 6) is 2.52. The topological polar surface area (TPSA) is 110 Å². The van der Waals surface area contributed by atoms with Gasteiger partial charge in [0.1, 0.15) is 22.3 Å². The third-order valence-electron chi connectivity index (χ3n) is 29.3. The highest BCUT2D eigenvalue weighted by Gasteiger charge is 2.39. The Balaban J connectivity index is 0.000000137. The van der Waals surface area contributed by atoms with E-state index in [1.807, 2.05) is 78.9 Å². The van der Waals surface area contributed by atoms with Crippen LogP contribution in [-0.4, -0.2) is 43.2 Å². The number of hydrogen-bond donors (Lipinski definition) is 0. The Bertz CT molecular complexity index is 9650. The van der Waals surface area contributed by atoms with E-state index in [2.05, 4.69) is 398 Å². The molecule has 0 spiro atoms. The van der Waals surface area contributed by atoms with Crippen molar-refractivity contribution in [3.63, 3.8) is 0 Å². The molecule has 0 unspecified atom stereocenters. The number of fused-ring (bicyclic) bond motifs is 24. The summed E-state index contributed by atoms with van der Waals surface area (Å²) in [6.45, 7) is 9.46. The van der Waals surface area contributed by atoms with Crippen LogP contribution in [0, 0.1) is 0 Å². The summed E-state index contributed by atoms with van der Waals surface area (Å²) in [5, 5.41) is 14.0. The predicted octanol–water partition coefficient (Wildman–Crippen LogP) is 32.8. The van der Waals surface area contributed by atoms with Gasteiger partial charge in [0, 0.05) is 132 Å². The van der Waals surface area contributed by atoms with Gasteiger partial charge in [-0.25, -0.2) is 24.9 Å². The van der Waals surface area contributed by atoms with Gasteiger partial charge in [0.25, 0.3) is 0 Å². The SMILES string of the molecule is CC1(C)c2ccc(-c3ccc4c(c3)c3cc5c(cc3n4-c3ccccc3)oc3ccccc35)cc2-c2cc3c4ccccc4n(-c4cccc(-c5nc(-c6ccccc6)nc(-c6ccccc6)n5)c4)c3cc21.CC1(C)c2ccccc2-c2cc3c4cc(-c5ccc6oc7cc8c(cc7c6c5)c5ccccc5n8-c5nc(-c6ccccc6)cc(-c6ccccc6)n5)ccc4n(-c4ccccc4)c3cc21. The fourth-order valence-electron chi connectivity index (χ4n) is 22.6. The van der Waals surface area contributed by atoms with Crippen molar-refractivity contribution in [2.75, 3.05) is 0 Å². The van der Waals surface area contributed by atoms with Gasteiger partial charge in [0.15, 0.2) is 17.5 Å². The van der Waals surface area contributed by atoms with Gasteiger partial charge >= 0.3 is 0 Å². The number of nitrogens with zero attached hydrogens (tertiary/aromatic N) is 9. The van der Waals surface area contributed by atoms with Crippen molar-refractivity contribution in [2.24, 2.45) is 0 Å². The highest BCUT2D eigenvalue weighted by Crippen LogP contribution is 2.55. The molecule has 2 aliphatic rings.